The fraction of sp³-hybridized carbons (Fsp3) is 0.400. The smallest absolute Gasteiger partial charge is 0.316 e. The maximum absolute atomic E-state index is 12.4. The van der Waals surface area contributed by atoms with E-state index in [0.29, 0.717) is 5.69 Å². The van der Waals surface area contributed by atoms with Crippen LogP contribution in [-0.2, 0) is 14.4 Å². The zero-order valence-corrected chi connectivity index (χ0v) is 12.9. The third-order valence-corrected chi connectivity index (χ3v) is 4.73. The summed E-state index contributed by atoms with van der Waals surface area (Å²) in [5, 5.41) is 7.59. The van der Waals surface area contributed by atoms with Crippen molar-refractivity contribution in [2.45, 2.75) is 37.7 Å². The van der Waals surface area contributed by atoms with E-state index in [0.717, 1.165) is 22.9 Å². The van der Waals surface area contributed by atoms with Crippen LogP contribution in [0.3, 0.4) is 0 Å². The van der Waals surface area contributed by atoms with Crippen LogP contribution in [0.1, 0.15) is 24.5 Å². The Balaban J connectivity index is 2.26. The Hall–Kier alpha value is -1.82. The van der Waals surface area contributed by atoms with Crippen molar-refractivity contribution < 1.29 is 19.5 Å². The van der Waals surface area contributed by atoms with Gasteiger partial charge in [-0.15, -0.1) is 11.8 Å². The zero-order valence-electron chi connectivity index (χ0n) is 12.1. The first kappa shape index (κ1) is 15.6. The predicted octanol–water partition coefficient (Wildman–Crippen LogP) is 2.14. The summed E-state index contributed by atoms with van der Waals surface area (Å²) in [6.07, 6.45) is 0.0501. The molecule has 1 aromatic rings. The number of imide groups is 1. The minimum absolute atomic E-state index is 0.0501. The number of hydrogen-bond acceptors (Lipinski definition) is 4. The lowest BCUT2D eigenvalue weighted by atomic mass is 10.1. The van der Waals surface area contributed by atoms with Gasteiger partial charge in [0.05, 0.1) is 10.9 Å². The van der Waals surface area contributed by atoms with Crippen molar-refractivity contribution in [1.29, 1.82) is 0 Å². The molecule has 0 radical (unpaired) electrons. The Morgan fingerprint density at radius 2 is 2.05 bits per heavy atom. The minimum atomic E-state index is -0.981. The molecule has 1 aliphatic rings. The number of carbonyl (C=O) groups is 3. The van der Waals surface area contributed by atoms with E-state index in [1.165, 1.54) is 11.8 Å². The predicted molar refractivity (Wildman–Crippen MR) is 81.5 cm³/mol. The van der Waals surface area contributed by atoms with Crippen molar-refractivity contribution in [3.8, 4) is 0 Å². The molecule has 1 aliphatic heterocycles. The molecule has 0 aliphatic carbocycles. The molecule has 1 saturated heterocycles. The molecule has 6 heteroatoms. The van der Waals surface area contributed by atoms with Crippen LogP contribution >= 0.6 is 11.8 Å². The molecule has 21 heavy (non-hydrogen) atoms. The van der Waals surface area contributed by atoms with E-state index in [2.05, 4.69) is 0 Å². The molecule has 5 nitrogen and oxygen atoms in total. The number of carbonyl (C=O) groups excluding carboxylic acids is 2. The van der Waals surface area contributed by atoms with Gasteiger partial charge in [0.15, 0.2) is 0 Å². The number of amides is 2. The SMILES string of the molecule is Cc1ccc(C)c(N2C(=O)CC(SC(C)C(=O)O)C2=O)c1. The van der Waals surface area contributed by atoms with Crippen molar-refractivity contribution in [3.63, 3.8) is 0 Å². The molecule has 0 spiro atoms. The summed E-state index contributed by atoms with van der Waals surface area (Å²) in [6, 6.07) is 5.59. The van der Waals surface area contributed by atoms with Crippen LogP contribution in [0, 0.1) is 13.8 Å². The topological polar surface area (TPSA) is 74.7 Å². The Bertz CT molecular complexity index is 614. The number of aryl methyl sites for hydroxylation is 2. The molecular weight excluding hydrogens is 290 g/mol. The molecule has 0 saturated carbocycles. The number of rotatable bonds is 4. The molecule has 2 atom stereocenters. The molecule has 1 aromatic carbocycles. The summed E-state index contributed by atoms with van der Waals surface area (Å²) in [6.45, 7) is 5.26. The van der Waals surface area contributed by atoms with Crippen molar-refractivity contribution in [2.24, 2.45) is 0 Å². The zero-order chi connectivity index (χ0) is 15.7. The molecule has 0 bridgehead atoms. The third-order valence-electron chi connectivity index (χ3n) is 3.43. The van der Waals surface area contributed by atoms with Gasteiger partial charge in [-0.25, -0.2) is 4.90 Å². The third kappa shape index (κ3) is 3.10. The average Bonchev–Trinajstić information content (AvgIpc) is 2.67. The van der Waals surface area contributed by atoms with E-state index < -0.39 is 16.5 Å². The normalized spacial score (nSPS) is 20.0. The molecule has 2 rings (SSSR count). The molecule has 1 N–H and O–H groups in total. The number of carboxylic acids is 1. The Kier molecular flexibility index (Phi) is 4.37. The van der Waals surface area contributed by atoms with Crippen LogP contribution < -0.4 is 4.90 Å². The number of nitrogens with zero attached hydrogens (tertiary/aromatic N) is 1. The van der Waals surface area contributed by atoms with E-state index >= 15 is 0 Å². The Morgan fingerprint density at radius 1 is 1.38 bits per heavy atom. The quantitative estimate of drug-likeness (QED) is 0.863. The van der Waals surface area contributed by atoms with Gasteiger partial charge in [-0.1, -0.05) is 12.1 Å². The van der Waals surface area contributed by atoms with Crippen molar-refractivity contribution in [1.82, 2.24) is 0 Å². The summed E-state index contributed by atoms with van der Waals surface area (Å²) in [4.78, 5) is 36.7. The van der Waals surface area contributed by atoms with Crippen LogP contribution in [0.2, 0.25) is 0 Å². The summed E-state index contributed by atoms with van der Waals surface area (Å²) >= 11 is 1.02. The van der Waals surface area contributed by atoms with Crippen LogP contribution in [0.5, 0.6) is 0 Å². The number of carboxylic acid groups (broad SMARTS) is 1. The second-order valence-electron chi connectivity index (χ2n) is 5.17. The summed E-state index contributed by atoms with van der Waals surface area (Å²) in [7, 11) is 0. The molecule has 2 unspecified atom stereocenters. The van der Waals surface area contributed by atoms with Crippen LogP contribution in [0.25, 0.3) is 0 Å². The molecular formula is C15H17NO4S. The monoisotopic (exact) mass is 307 g/mol. The molecule has 1 fully saturated rings. The molecule has 112 valence electrons. The largest absolute Gasteiger partial charge is 0.480 e. The van der Waals surface area contributed by atoms with Gasteiger partial charge in [0.2, 0.25) is 11.8 Å². The number of hydrogen-bond donors (Lipinski definition) is 1. The second-order valence-corrected chi connectivity index (χ2v) is 6.71. The van der Waals surface area contributed by atoms with Crippen molar-refractivity contribution in [2.75, 3.05) is 4.90 Å². The summed E-state index contributed by atoms with van der Waals surface area (Å²) in [5.41, 5.74) is 2.40. The van der Waals surface area contributed by atoms with E-state index in [1.54, 1.807) is 6.07 Å². The number of aliphatic carboxylic acids is 1. The van der Waals surface area contributed by atoms with Gasteiger partial charge in [0, 0.05) is 6.42 Å². The van der Waals surface area contributed by atoms with Crippen LogP contribution in [-0.4, -0.2) is 33.4 Å². The van der Waals surface area contributed by atoms with E-state index in [1.807, 2.05) is 26.0 Å². The fourth-order valence-corrected chi connectivity index (χ4v) is 3.30. The van der Waals surface area contributed by atoms with Gasteiger partial charge in [-0.3, -0.25) is 14.4 Å². The molecule has 2 amide bonds. The maximum Gasteiger partial charge on any atom is 0.316 e. The lowest BCUT2D eigenvalue weighted by Gasteiger charge is -2.18. The van der Waals surface area contributed by atoms with Gasteiger partial charge in [-0.05, 0) is 38.0 Å². The summed E-state index contributed by atoms with van der Waals surface area (Å²) in [5.74, 6) is -1.58. The highest BCUT2D eigenvalue weighted by atomic mass is 32.2. The van der Waals surface area contributed by atoms with Gasteiger partial charge >= 0.3 is 5.97 Å². The minimum Gasteiger partial charge on any atom is -0.480 e. The van der Waals surface area contributed by atoms with Gasteiger partial charge in [-0.2, -0.15) is 0 Å². The lowest BCUT2D eigenvalue weighted by molar-refractivity contribution is -0.136. The maximum atomic E-state index is 12.4. The highest BCUT2D eigenvalue weighted by Gasteiger charge is 2.41. The number of thioether (sulfide) groups is 1. The first-order valence-electron chi connectivity index (χ1n) is 6.63. The first-order chi connectivity index (χ1) is 9.81. The highest BCUT2D eigenvalue weighted by molar-refractivity contribution is 8.01. The molecule has 0 aromatic heterocycles. The van der Waals surface area contributed by atoms with Crippen molar-refractivity contribution >= 4 is 35.2 Å². The highest BCUT2D eigenvalue weighted by Crippen LogP contribution is 2.33. The standard InChI is InChI=1S/C15H17NO4S/c1-8-4-5-9(2)11(6-8)16-13(17)7-12(14(16)18)21-10(3)15(19)20/h4-6,10,12H,7H2,1-3H3,(H,19,20). The van der Waals surface area contributed by atoms with Crippen molar-refractivity contribution in [3.05, 3.63) is 29.3 Å². The Labute approximate surface area is 127 Å². The Morgan fingerprint density at radius 3 is 2.67 bits per heavy atom. The molecule has 1 heterocycles. The van der Waals surface area contributed by atoms with E-state index in [-0.39, 0.29) is 18.2 Å². The fourth-order valence-electron chi connectivity index (χ4n) is 2.23. The average molecular weight is 307 g/mol. The summed E-state index contributed by atoms with van der Waals surface area (Å²) < 4.78 is 0. The van der Waals surface area contributed by atoms with Crippen LogP contribution in [0.15, 0.2) is 18.2 Å². The van der Waals surface area contributed by atoms with Gasteiger partial charge in [0.1, 0.15) is 5.25 Å². The van der Waals surface area contributed by atoms with E-state index in [9.17, 15) is 14.4 Å². The van der Waals surface area contributed by atoms with Crippen LogP contribution in [0.4, 0.5) is 5.69 Å². The number of benzene rings is 1. The van der Waals surface area contributed by atoms with Gasteiger partial charge < -0.3 is 5.11 Å². The van der Waals surface area contributed by atoms with Gasteiger partial charge in [0.25, 0.3) is 0 Å². The second kappa shape index (κ2) is 5.89. The first-order valence-corrected chi connectivity index (χ1v) is 7.58. The van der Waals surface area contributed by atoms with E-state index in [4.69, 9.17) is 5.11 Å². The lowest BCUT2D eigenvalue weighted by Crippen LogP contribution is -2.32. The number of anilines is 1.